The summed E-state index contributed by atoms with van der Waals surface area (Å²) in [5.41, 5.74) is 7.21. The first-order valence-electron chi connectivity index (χ1n) is 9.72. The van der Waals surface area contributed by atoms with Crippen molar-refractivity contribution in [2.24, 2.45) is 5.73 Å². The molecule has 1 aromatic carbocycles. The van der Waals surface area contributed by atoms with Crippen molar-refractivity contribution >= 4 is 36.6 Å². The topological polar surface area (TPSA) is 69.9 Å². The molecule has 6 nitrogen and oxygen atoms in total. The number of carbonyl (C=O) groups excluding carboxylic acids is 2. The highest BCUT2D eigenvalue weighted by Crippen LogP contribution is 2.11. The predicted octanol–water partition coefficient (Wildman–Crippen LogP) is 1.56. The lowest BCUT2D eigenvalue weighted by atomic mass is 10.1. The monoisotopic (exact) mass is 430 g/mol. The molecule has 8 heteroatoms. The van der Waals surface area contributed by atoms with Crippen molar-refractivity contribution in [3.8, 4) is 0 Å². The van der Waals surface area contributed by atoms with Crippen molar-refractivity contribution in [1.82, 2.24) is 14.7 Å². The maximum Gasteiger partial charge on any atom is 0.239 e. The summed E-state index contributed by atoms with van der Waals surface area (Å²) in [6, 6.07) is 9.38. The van der Waals surface area contributed by atoms with E-state index in [0.29, 0.717) is 26.1 Å². The lowest BCUT2D eigenvalue weighted by Crippen LogP contribution is -2.55. The number of piperazine rings is 1. The van der Waals surface area contributed by atoms with Crippen LogP contribution in [0.5, 0.6) is 0 Å². The van der Waals surface area contributed by atoms with E-state index in [4.69, 9.17) is 5.73 Å². The second kappa shape index (κ2) is 12.3. The molecule has 1 aromatic rings. The van der Waals surface area contributed by atoms with Crippen molar-refractivity contribution in [3.05, 3.63) is 35.9 Å². The third-order valence-electron chi connectivity index (χ3n) is 5.37. The summed E-state index contributed by atoms with van der Waals surface area (Å²) in [7, 11) is 0. The van der Waals surface area contributed by atoms with E-state index in [1.54, 1.807) is 0 Å². The molecule has 2 saturated heterocycles. The van der Waals surface area contributed by atoms with Crippen LogP contribution in [-0.2, 0) is 16.0 Å². The van der Waals surface area contributed by atoms with Crippen LogP contribution in [0, 0.1) is 0 Å². The van der Waals surface area contributed by atoms with E-state index in [-0.39, 0.29) is 36.6 Å². The van der Waals surface area contributed by atoms with Crippen molar-refractivity contribution in [1.29, 1.82) is 0 Å². The molecule has 0 spiro atoms. The van der Waals surface area contributed by atoms with E-state index in [2.05, 4.69) is 4.90 Å². The zero-order chi connectivity index (χ0) is 18.4. The number of hydrogen-bond donors (Lipinski definition) is 1. The van der Waals surface area contributed by atoms with E-state index >= 15 is 0 Å². The van der Waals surface area contributed by atoms with Crippen LogP contribution in [0.15, 0.2) is 30.3 Å². The minimum atomic E-state index is -0.501. The molecular weight excluding hydrogens is 399 g/mol. The number of rotatable bonds is 5. The van der Waals surface area contributed by atoms with Gasteiger partial charge in [-0.05, 0) is 31.2 Å². The summed E-state index contributed by atoms with van der Waals surface area (Å²) in [4.78, 5) is 30.9. The first-order chi connectivity index (χ1) is 12.6. The van der Waals surface area contributed by atoms with Gasteiger partial charge < -0.3 is 15.5 Å². The van der Waals surface area contributed by atoms with Gasteiger partial charge in [0.2, 0.25) is 11.8 Å². The summed E-state index contributed by atoms with van der Waals surface area (Å²) in [5, 5.41) is 0. The Morgan fingerprint density at radius 3 is 2.07 bits per heavy atom. The predicted molar refractivity (Wildman–Crippen MR) is 116 cm³/mol. The van der Waals surface area contributed by atoms with Crippen molar-refractivity contribution < 1.29 is 9.59 Å². The second-order valence-electron chi connectivity index (χ2n) is 7.34. The average molecular weight is 431 g/mol. The van der Waals surface area contributed by atoms with Gasteiger partial charge in [0, 0.05) is 39.3 Å². The number of benzene rings is 1. The van der Waals surface area contributed by atoms with Gasteiger partial charge in [0.15, 0.2) is 0 Å². The summed E-state index contributed by atoms with van der Waals surface area (Å²) in [6.45, 7) is 5.03. The SMILES string of the molecule is Cl.Cl.NC(Cc1ccccc1)C(=O)N1CCN(CC(=O)N2CCCCC2)CC1. The summed E-state index contributed by atoms with van der Waals surface area (Å²) < 4.78 is 0. The highest BCUT2D eigenvalue weighted by molar-refractivity contribution is 5.85. The molecule has 2 aliphatic heterocycles. The number of likely N-dealkylation sites (tertiary alicyclic amines) is 1. The maximum absolute atomic E-state index is 12.6. The van der Waals surface area contributed by atoms with Gasteiger partial charge in [-0.2, -0.15) is 0 Å². The molecule has 0 radical (unpaired) electrons. The quantitative estimate of drug-likeness (QED) is 0.768. The number of carbonyl (C=O) groups is 2. The molecule has 0 aromatic heterocycles. The van der Waals surface area contributed by atoms with E-state index < -0.39 is 6.04 Å². The minimum Gasteiger partial charge on any atom is -0.342 e. The number of piperidine rings is 1. The van der Waals surface area contributed by atoms with Gasteiger partial charge in [-0.15, -0.1) is 24.8 Å². The third kappa shape index (κ3) is 6.92. The number of halogens is 2. The largest absolute Gasteiger partial charge is 0.342 e. The van der Waals surface area contributed by atoms with Crippen molar-refractivity contribution in [3.63, 3.8) is 0 Å². The van der Waals surface area contributed by atoms with E-state index in [0.717, 1.165) is 44.6 Å². The summed E-state index contributed by atoms with van der Waals surface area (Å²) in [5.74, 6) is 0.237. The third-order valence-corrected chi connectivity index (χ3v) is 5.37. The van der Waals surface area contributed by atoms with Gasteiger partial charge in [-0.3, -0.25) is 14.5 Å². The Bertz CT molecular complexity index is 603. The van der Waals surface area contributed by atoms with Gasteiger partial charge in [-0.25, -0.2) is 0 Å². The molecule has 0 saturated carbocycles. The molecule has 2 N–H and O–H groups in total. The maximum atomic E-state index is 12.6. The fourth-order valence-corrected chi connectivity index (χ4v) is 3.75. The smallest absolute Gasteiger partial charge is 0.239 e. The Morgan fingerprint density at radius 1 is 0.857 bits per heavy atom. The first-order valence-corrected chi connectivity index (χ1v) is 9.72. The molecule has 1 atom stereocenters. The van der Waals surface area contributed by atoms with Crippen LogP contribution < -0.4 is 5.73 Å². The van der Waals surface area contributed by atoms with Crippen LogP contribution in [-0.4, -0.2) is 78.4 Å². The molecule has 2 heterocycles. The van der Waals surface area contributed by atoms with E-state index in [9.17, 15) is 9.59 Å². The van der Waals surface area contributed by atoms with Gasteiger partial charge in [0.05, 0.1) is 12.6 Å². The van der Waals surface area contributed by atoms with Crippen molar-refractivity contribution in [2.45, 2.75) is 31.7 Å². The summed E-state index contributed by atoms with van der Waals surface area (Å²) >= 11 is 0. The van der Waals surface area contributed by atoms with Crippen molar-refractivity contribution in [2.75, 3.05) is 45.8 Å². The Hall–Kier alpha value is -1.34. The molecule has 3 rings (SSSR count). The summed E-state index contributed by atoms with van der Waals surface area (Å²) in [6.07, 6.45) is 4.03. The highest BCUT2D eigenvalue weighted by atomic mass is 35.5. The first kappa shape index (κ1) is 24.7. The van der Waals surface area contributed by atoms with E-state index in [1.165, 1.54) is 6.42 Å². The zero-order valence-corrected chi connectivity index (χ0v) is 17.9. The molecule has 28 heavy (non-hydrogen) atoms. The Labute approximate surface area is 180 Å². The number of nitrogens with two attached hydrogens (primary N) is 1. The zero-order valence-electron chi connectivity index (χ0n) is 16.3. The molecule has 2 amide bonds. The Kier molecular flexibility index (Phi) is 10.8. The number of amides is 2. The van der Waals surface area contributed by atoms with Crippen LogP contribution >= 0.6 is 24.8 Å². The molecule has 2 aliphatic rings. The Balaban J connectivity index is 0.00000196. The van der Waals surface area contributed by atoms with Crippen LogP contribution in [0.3, 0.4) is 0 Å². The highest BCUT2D eigenvalue weighted by Gasteiger charge is 2.27. The average Bonchev–Trinajstić information content (AvgIpc) is 2.69. The fourth-order valence-electron chi connectivity index (χ4n) is 3.75. The molecule has 158 valence electrons. The van der Waals surface area contributed by atoms with Gasteiger partial charge in [0.25, 0.3) is 0 Å². The molecular formula is C20H32Cl2N4O2. The Morgan fingerprint density at radius 2 is 1.46 bits per heavy atom. The molecule has 2 fully saturated rings. The van der Waals surface area contributed by atoms with Crippen LogP contribution in [0.1, 0.15) is 24.8 Å². The minimum absolute atomic E-state index is 0. The number of nitrogens with zero attached hydrogens (tertiary/aromatic N) is 3. The molecule has 0 aliphatic carbocycles. The lowest BCUT2D eigenvalue weighted by molar-refractivity contribution is -0.136. The van der Waals surface area contributed by atoms with E-state index in [1.807, 2.05) is 40.1 Å². The van der Waals surface area contributed by atoms with Gasteiger partial charge in [-0.1, -0.05) is 30.3 Å². The molecule has 0 bridgehead atoms. The van der Waals surface area contributed by atoms with Crippen LogP contribution in [0.25, 0.3) is 0 Å². The molecule has 1 unspecified atom stereocenters. The fraction of sp³-hybridized carbons (Fsp3) is 0.600. The standard InChI is InChI=1S/C20H30N4O2.2ClH/c21-18(15-17-7-3-1-4-8-17)20(26)24-13-11-22(12-14-24)16-19(25)23-9-5-2-6-10-23;;/h1,3-4,7-8,18H,2,5-6,9-16,21H2;2*1H. The number of hydrogen-bond acceptors (Lipinski definition) is 4. The van der Waals surface area contributed by atoms with Gasteiger partial charge in [0.1, 0.15) is 0 Å². The second-order valence-corrected chi connectivity index (χ2v) is 7.34. The lowest BCUT2D eigenvalue weighted by Gasteiger charge is -2.37. The normalized spacial score (nSPS) is 18.6. The van der Waals surface area contributed by atoms with Gasteiger partial charge >= 0.3 is 0 Å². The van der Waals surface area contributed by atoms with Crippen LogP contribution in [0.2, 0.25) is 0 Å². The van der Waals surface area contributed by atoms with Crippen LogP contribution in [0.4, 0.5) is 0 Å².